The zero-order valence-electron chi connectivity index (χ0n) is 16.1. The Morgan fingerprint density at radius 1 is 1.17 bits per heavy atom. The summed E-state index contributed by atoms with van der Waals surface area (Å²) in [5, 5.41) is 34.7. The summed E-state index contributed by atoms with van der Waals surface area (Å²) in [6.07, 6.45) is 1.63. The number of aromatic amines is 1. The Balaban J connectivity index is 2.75. The summed E-state index contributed by atoms with van der Waals surface area (Å²) in [4.78, 5) is 54.4. The van der Waals surface area contributed by atoms with Gasteiger partial charge in [0.2, 0.25) is 17.7 Å². The number of hydrogen-bond acceptors (Lipinski definition) is 9. The summed E-state index contributed by atoms with van der Waals surface area (Å²) in [5.41, 5.74) is 6.38. The number of aliphatic hydroxyl groups is 2. The third-order valence-electron chi connectivity index (χ3n) is 4.01. The topological polar surface area (TPSA) is 220 Å². The van der Waals surface area contributed by atoms with Gasteiger partial charge < -0.3 is 42.0 Å². The maximum absolute atomic E-state index is 12.5. The lowest BCUT2D eigenvalue weighted by molar-refractivity contribution is -0.142. The van der Waals surface area contributed by atoms with Crippen molar-refractivity contribution in [2.75, 3.05) is 12.4 Å². The van der Waals surface area contributed by atoms with Crippen LogP contribution in [0.25, 0.3) is 0 Å². The van der Waals surface area contributed by atoms with Crippen LogP contribution in [0.1, 0.15) is 12.6 Å². The number of thiol groups is 1. The average molecular weight is 446 g/mol. The third kappa shape index (κ3) is 7.62. The molecule has 0 spiro atoms. The number of aliphatic hydroxyl groups excluding tert-OH is 2. The van der Waals surface area contributed by atoms with Gasteiger partial charge in [0.05, 0.1) is 25.1 Å². The molecule has 3 amide bonds. The van der Waals surface area contributed by atoms with Crippen LogP contribution >= 0.6 is 12.6 Å². The van der Waals surface area contributed by atoms with E-state index in [9.17, 15) is 29.4 Å². The molecule has 1 aromatic heterocycles. The fourth-order valence-corrected chi connectivity index (χ4v) is 2.55. The van der Waals surface area contributed by atoms with E-state index in [4.69, 9.17) is 10.8 Å². The minimum atomic E-state index is -1.52. The second-order valence-corrected chi connectivity index (χ2v) is 6.81. The number of carbonyl (C=O) groups excluding carboxylic acids is 3. The second kappa shape index (κ2) is 12.1. The molecule has 1 heterocycles. The molecule has 0 radical (unpaired) electrons. The van der Waals surface area contributed by atoms with Crippen molar-refractivity contribution >= 4 is 36.3 Å². The summed E-state index contributed by atoms with van der Waals surface area (Å²) in [5.74, 6) is -4.25. The Bertz CT molecular complexity index is 730. The number of carboxylic acid groups (broad SMARTS) is 1. The van der Waals surface area contributed by atoms with Gasteiger partial charge in [0.15, 0.2) is 0 Å². The molecule has 0 aromatic carbocycles. The first kappa shape index (κ1) is 25.4. The van der Waals surface area contributed by atoms with Crippen molar-refractivity contribution in [3.05, 3.63) is 18.2 Å². The van der Waals surface area contributed by atoms with E-state index in [-0.39, 0.29) is 12.2 Å². The molecule has 9 N–H and O–H groups in total. The van der Waals surface area contributed by atoms with Crippen LogP contribution in [0.4, 0.5) is 0 Å². The largest absolute Gasteiger partial charge is 0.480 e. The molecule has 0 aliphatic rings. The van der Waals surface area contributed by atoms with Crippen LogP contribution in [0.2, 0.25) is 0 Å². The lowest BCUT2D eigenvalue weighted by atomic mass is 10.1. The number of carboxylic acids is 1. The van der Waals surface area contributed by atoms with E-state index < -0.39 is 60.6 Å². The number of carbonyl (C=O) groups is 4. The lowest BCUT2D eigenvalue weighted by Gasteiger charge is -2.25. The number of aliphatic carboxylic acids is 1. The van der Waals surface area contributed by atoms with Gasteiger partial charge in [-0.05, 0) is 6.92 Å². The summed E-state index contributed by atoms with van der Waals surface area (Å²) < 4.78 is 0. The molecular weight excluding hydrogens is 420 g/mol. The Morgan fingerprint density at radius 2 is 1.80 bits per heavy atom. The maximum atomic E-state index is 12.5. The van der Waals surface area contributed by atoms with E-state index >= 15 is 0 Å². The fourth-order valence-electron chi connectivity index (χ4n) is 2.30. The molecule has 0 fully saturated rings. The molecule has 13 nitrogen and oxygen atoms in total. The summed E-state index contributed by atoms with van der Waals surface area (Å²) in [6.45, 7) is 0.386. The van der Waals surface area contributed by atoms with Crippen molar-refractivity contribution in [3.63, 3.8) is 0 Å². The molecule has 5 unspecified atom stereocenters. The van der Waals surface area contributed by atoms with Crippen LogP contribution in [-0.4, -0.2) is 91.6 Å². The van der Waals surface area contributed by atoms with Gasteiger partial charge in [0.25, 0.3) is 0 Å². The molecule has 30 heavy (non-hydrogen) atoms. The smallest absolute Gasteiger partial charge is 0.327 e. The Morgan fingerprint density at radius 3 is 2.27 bits per heavy atom. The van der Waals surface area contributed by atoms with Gasteiger partial charge >= 0.3 is 5.97 Å². The van der Waals surface area contributed by atoms with Gasteiger partial charge in [0, 0.05) is 24.1 Å². The molecule has 14 heteroatoms. The SMILES string of the molecule is CC(O)C(NC(=O)C(N)Cc1cnc[nH]1)C(=O)NC(CO)C(=O)NC(CS)C(=O)O. The van der Waals surface area contributed by atoms with Crippen molar-refractivity contribution in [1.82, 2.24) is 25.9 Å². The fraction of sp³-hybridized carbons (Fsp3) is 0.562. The number of amides is 3. The highest BCUT2D eigenvalue weighted by Crippen LogP contribution is 2.00. The molecule has 0 aliphatic carbocycles. The molecule has 0 aliphatic heterocycles. The number of hydrogen-bond donors (Lipinski definition) is 9. The predicted molar refractivity (Wildman–Crippen MR) is 106 cm³/mol. The van der Waals surface area contributed by atoms with Gasteiger partial charge in [-0.2, -0.15) is 12.6 Å². The molecule has 0 saturated carbocycles. The van der Waals surface area contributed by atoms with Crippen molar-refractivity contribution in [1.29, 1.82) is 0 Å². The minimum Gasteiger partial charge on any atom is -0.480 e. The zero-order chi connectivity index (χ0) is 22.8. The molecule has 5 atom stereocenters. The van der Waals surface area contributed by atoms with E-state index in [0.717, 1.165) is 0 Å². The Kier molecular flexibility index (Phi) is 10.2. The van der Waals surface area contributed by atoms with Crippen LogP contribution in [0.3, 0.4) is 0 Å². The first-order chi connectivity index (χ1) is 14.1. The van der Waals surface area contributed by atoms with Gasteiger partial charge in [-0.15, -0.1) is 0 Å². The standard InChI is InChI=1S/C16H26N6O7S/c1-7(24)12(22-13(25)9(17)2-8-3-18-6-19-8)15(27)20-10(4-23)14(26)21-11(5-30)16(28)29/h3,6-7,9-12,23-24,30H,2,4-5,17H2,1H3,(H,18,19)(H,20,27)(H,21,26)(H,22,25)(H,28,29). The molecule has 1 aromatic rings. The normalized spacial score (nSPS) is 15.9. The quantitative estimate of drug-likeness (QED) is 0.143. The Hall–Kier alpha value is -2.68. The number of nitrogens with two attached hydrogens (primary N) is 1. The van der Waals surface area contributed by atoms with Crippen molar-refractivity contribution < 1.29 is 34.5 Å². The van der Waals surface area contributed by atoms with Crippen molar-refractivity contribution in [3.8, 4) is 0 Å². The number of nitrogens with zero attached hydrogens (tertiary/aromatic N) is 1. The van der Waals surface area contributed by atoms with E-state index in [0.29, 0.717) is 5.69 Å². The highest BCUT2D eigenvalue weighted by molar-refractivity contribution is 7.80. The van der Waals surface area contributed by atoms with E-state index in [2.05, 4.69) is 38.5 Å². The van der Waals surface area contributed by atoms with Gasteiger partial charge in [0.1, 0.15) is 18.1 Å². The number of aromatic nitrogens is 2. The summed E-state index contributed by atoms with van der Waals surface area (Å²) in [6, 6.07) is -5.38. The average Bonchev–Trinajstić information content (AvgIpc) is 3.19. The van der Waals surface area contributed by atoms with Crippen LogP contribution in [-0.2, 0) is 25.6 Å². The van der Waals surface area contributed by atoms with Crippen LogP contribution in [0.5, 0.6) is 0 Å². The lowest BCUT2D eigenvalue weighted by Crippen LogP contribution is -2.60. The van der Waals surface area contributed by atoms with Gasteiger partial charge in [-0.1, -0.05) is 0 Å². The number of rotatable bonds is 12. The summed E-state index contributed by atoms with van der Waals surface area (Å²) >= 11 is 3.80. The minimum absolute atomic E-state index is 0.0992. The van der Waals surface area contributed by atoms with Crippen LogP contribution in [0, 0.1) is 0 Å². The first-order valence-corrected chi connectivity index (χ1v) is 9.50. The molecular formula is C16H26N6O7S. The second-order valence-electron chi connectivity index (χ2n) is 6.44. The van der Waals surface area contributed by atoms with Crippen molar-refractivity contribution in [2.45, 2.75) is 43.6 Å². The molecule has 1 rings (SSSR count). The van der Waals surface area contributed by atoms with Gasteiger partial charge in [-0.25, -0.2) is 9.78 Å². The van der Waals surface area contributed by atoms with Crippen molar-refractivity contribution in [2.24, 2.45) is 5.73 Å². The summed E-state index contributed by atoms with van der Waals surface area (Å²) in [7, 11) is 0. The van der Waals surface area contributed by atoms with Gasteiger partial charge in [-0.3, -0.25) is 14.4 Å². The van der Waals surface area contributed by atoms with E-state index in [1.165, 1.54) is 19.4 Å². The van der Waals surface area contributed by atoms with E-state index in [1.807, 2.05) is 0 Å². The molecule has 0 bridgehead atoms. The van der Waals surface area contributed by atoms with Crippen LogP contribution in [0.15, 0.2) is 12.5 Å². The first-order valence-electron chi connectivity index (χ1n) is 8.87. The van der Waals surface area contributed by atoms with E-state index in [1.54, 1.807) is 0 Å². The van der Waals surface area contributed by atoms with Crippen LogP contribution < -0.4 is 21.7 Å². The number of H-pyrrole nitrogens is 1. The Labute approximate surface area is 177 Å². The zero-order valence-corrected chi connectivity index (χ0v) is 17.0. The highest BCUT2D eigenvalue weighted by Gasteiger charge is 2.32. The maximum Gasteiger partial charge on any atom is 0.327 e. The monoisotopic (exact) mass is 446 g/mol. The number of imidazole rings is 1. The number of nitrogens with one attached hydrogen (secondary N) is 4. The highest BCUT2D eigenvalue weighted by atomic mass is 32.1. The molecule has 0 saturated heterocycles. The third-order valence-corrected chi connectivity index (χ3v) is 4.37. The molecule has 168 valence electrons. The predicted octanol–water partition coefficient (Wildman–Crippen LogP) is -3.88.